The van der Waals surface area contributed by atoms with Crippen molar-refractivity contribution in [1.29, 1.82) is 0 Å². The van der Waals surface area contributed by atoms with Gasteiger partial charge in [-0.2, -0.15) is 0 Å². The summed E-state index contributed by atoms with van der Waals surface area (Å²) in [5.74, 6) is 1.66. The number of hydrogen-bond acceptors (Lipinski definition) is 7. The minimum Gasteiger partial charge on any atom is -0.493 e. The first kappa shape index (κ1) is 24.3. The molecule has 176 valence electrons. The lowest BCUT2D eigenvalue weighted by molar-refractivity contribution is -0.121. The maximum Gasteiger partial charge on any atom is 0.408 e. The van der Waals surface area contributed by atoms with Gasteiger partial charge >= 0.3 is 6.09 Å². The van der Waals surface area contributed by atoms with Crippen molar-refractivity contribution in [2.24, 2.45) is 5.92 Å². The Morgan fingerprint density at radius 1 is 1.34 bits per heavy atom. The van der Waals surface area contributed by atoms with Crippen LogP contribution in [0, 0.1) is 5.92 Å². The summed E-state index contributed by atoms with van der Waals surface area (Å²) in [6.45, 7) is 9.25. The van der Waals surface area contributed by atoms with E-state index in [0.29, 0.717) is 12.5 Å². The Kier molecular flexibility index (Phi) is 7.95. The number of amides is 2. The summed E-state index contributed by atoms with van der Waals surface area (Å²) in [6, 6.07) is 7.91. The van der Waals surface area contributed by atoms with Gasteiger partial charge in [-0.3, -0.25) is 4.79 Å². The van der Waals surface area contributed by atoms with Crippen molar-refractivity contribution in [2.45, 2.75) is 44.7 Å². The zero-order chi connectivity index (χ0) is 23.2. The summed E-state index contributed by atoms with van der Waals surface area (Å²) >= 11 is 1.56. The number of carbonyl (C=O) groups excluding carboxylic acids is 2. The molecule has 1 aromatic carbocycles. The third kappa shape index (κ3) is 7.63. The number of rotatable bonds is 7. The van der Waals surface area contributed by atoms with Crippen molar-refractivity contribution in [2.75, 3.05) is 32.1 Å². The lowest BCUT2D eigenvalue weighted by Gasteiger charge is -2.36. The second kappa shape index (κ2) is 10.5. The summed E-state index contributed by atoms with van der Waals surface area (Å²) in [5, 5.41) is 8.83. The molecule has 32 heavy (non-hydrogen) atoms. The normalized spacial score (nSPS) is 23.0. The molecule has 1 fully saturated rings. The number of thioether (sulfide) groups is 1. The molecule has 2 aliphatic rings. The van der Waals surface area contributed by atoms with Crippen LogP contribution in [0.5, 0.6) is 5.75 Å². The molecule has 1 saturated heterocycles. The molecule has 2 atom stereocenters. The van der Waals surface area contributed by atoms with Gasteiger partial charge in [0.2, 0.25) is 5.91 Å². The monoisotopic (exact) mass is 463 g/mol. The predicted molar refractivity (Wildman–Crippen MR) is 125 cm³/mol. The van der Waals surface area contributed by atoms with Gasteiger partial charge in [0.25, 0.3) is 0 Å². The molecule has 2 amide bonds. The third-order valence-corrected chi connectivity index (χ3v) is 5.97. The molecule has 0 radical (unpaired) electrons. The highest BCUT2D eigenvalue weighted by atomic mass is 32.2. The first-order valence-electron chi connectivity index (χ1n) is 10.8. The summed E-state index contributed by atoms with van der Waals surface area (Å²) in [5.41, 5.74) is 1.29. The molecule has 0 bridgehead atoms. The zero-order valence-corrected chi connectivity index (χ0v) is 20.0. The third-order valence-electron chi connectivity index (χ3n) is 4.86. The van der Waals surface area contributed by atoms with E-state index >= 15 is 0 Å². The van der Waals surface area contributed by atoms with Crippen molar-refractivity contribution < 1.29 is 23.8 Å². The van der Waals surface area contributed by atoms with E-state index in [2.05, 4.69) is 22.0 Å². The molecule has 2 unspecified atom stereocenters. The second-order valence-electron chi connectivity index (χ2n) is 9.06. The van der Waals surface area contributed by atoms with Gasteiger partial charge in [-0.25, -0.2) is 4.79 Å². The maximum atomic E-state index is 12.4. The van der Waals surface area contributed by atoms with Crippen molar-refractivity contribution >= 4 is 29.5 Å². The lowest BCUT2D eigenvalue weighted by atomic mass is 10.1. The first-order chi connectivity index (χ1) is 15.1. The molecule has 0 aliphatic carbocycles. The molecule has 2 aliphatic heterocycles. The topological polar surface area (TPSA) is 97.9 Å². The van der Waals surface area contributed by atoms with Crippen LogP contribution in [0.2, 0.25) is 0 Å². The van der Waals surface area contributed by atoms with Crippen LogP contribution in [0.1, 0.15) is 39.7 Å². The number of hydrogen-bond donors (Lipinski definition) is 3. The standard InChI is InChI=1S/C23H33N3O5S/c1-22(2,3)31-21(28)24-13-20(27)26-23(4)25-19(9-11-32-23)17-6-5-7-18(12-17)30-15-16-8-10-29-14-16/h5-7,9,12,16,25H,8,10-11,13-15H2,1-4H3,(H,24,28)(H,26,27). The average molecular weight is 464 g/mol. The van der Waals surface area contributed by atoms with Crippen LogP contribution >= 0.6 is 11.8 Å². The first-order valence-corrected chi connectivity index (χ1v) is 11.8. The van der Waals surface area contributed by atoms with Crippen LogP contribution in [-0.4, -0.2) is 54.7 Å². The van der Waals surface area contributed by atoms with E-state index in [9.17, 15) is 9.59 Å². The van der Waals surface area contributed by atoms with Crippen LogP contribution in [0.25, 0.3) is 5.70 Å². The van der Waals surface area contributed by atoms with Crippen LogP contribution in [0.15, 0.2) is 30.3 Å². The number of nitrogens with one attached hydrogen (secondary N) is 3. The molecular formula is C23H33N3O5S. The van der Waals surface area contributed by atoms with Crippen LogP contribution in [0.3, 0.4) is 0 Å². The number of ether oxygens (including phenoxy) is 3. The van der Waals surface area contributed by atoms with Crippen molar-refractivity contribution in [3.05, 3.63) is 35.9 Å². The minimum absolute atomic E-state index is 0.167. The largest absolute Gasteiger partial charge is 0.493 e. The van der Waals surface area contributed by atoms with Crippen molar-refractivity contribution in [1.82, 2.24) is 16.0 Å². The van der Waals surface area contributed by atoms with Gasteiger partial charge in [0, 0.05) is 29.5 Å². The van der Waals surface area contributed by atoms with E-state index < -0.39 is 16.7 Å². The molecule has 3 rings (SSSR count). The lowest BCUT2D eigenvalue weighted by Crippen LogP contribution is -2.56. The number of benzene rings is 1. The summed E-state index contributed by atoms with van der Waals surface area (Å²) in [4.78, 5) is 23.5. The highest BCUT2D eigenvalue weighted by molar-refractivity contribution is 8.00. The Labute approximate surface area is 193 Å². The Hall–Kier alpha value is -2.39. The Bertz CT molecular complexity index is 848. The van der Waals surface area contributed by atoms with E-state index in [0.717, 1.165) is 42.4 Å². The van der Waals surface area contributed by atoms with Crippen LogP contribution in [0.4, 0.5) is 4.79 Å². The van der Waals surface area contributed by atoms with Gasteiger partial charge in [0.15, 0.2) is 4.99 Å². The van der Waals surface area contributed by atoms with E-state index in [1.807, 2.05) is 31.2 Å². The summed E-state index contributed by atoms with van der Waals surface area (Å²) in [6.07, 6.45) is 2.50. The molecule has 1 aromatic rings. The molecule has 0 spiro atoms. The zero-order valence-electron chi connectivity index (χ0n) is 19.2. The van der Waals surface area contributed by atoms with Gasteiger partial charge in [0.1, 0.15) is 17.9 Å². The minimum atomic E-state index is -0.713. The van der Waals surface area contributed by atoms with Gasteiger partial charge in [-0.05, 0) is 46.2 Å². The molecule has 9 heteroatoms. The quantitative estimate of drug-likeness (QED) is 0.572. The molecule has 0 aromatic heterocycles. The van der Waals surface area contributed by atoms with Crippen molar-refractivity contribution in [3.8, 4) is 5.75 Å². The summed E-state index contributed by atoms with van der Waals surface area (Å²) in [7, 11) is 0. The average Bonchev–Trinajstić information content (AvgIpc) is 3.23. The summed E-state index contributed by atoms with van der Waals surface area (Å²) < 4.78 is 16.5. The van der Waals surface area contributed by atoms with E-state index in [4.69, 9.17) is 14.2 Å². The van der Waals surface area contributed by atoms with E-state index in [1.165, 1.54) is 0 Å². The van der Waals surface area contributed by atoms with Gasteiger partial charge in [-0.1, -0.05) is 18.2 Å². The molecular weight excluding hydrogens is 430 g/mol. The van der Waals surface area contributed by atoms with Gasteiger partial charge in [0.05, 0.1) is 13.2 Å². The fourth-order valence-electron chi connectivity index (χ4n) is 3.35. The van der Waals surface area contributed by atoms with E-state index in [1.54, 1.807) is 32.5 Å². The van der Waals surface area contributed by atoms with Crippen molar-refractivity contribution in [3.63, 3.8) is 0 Å². The number of carbonyl (C=O) groups is 2. The molecule has 3 N–H and O–H groups in total. The van der Waals surface area contributed by atoms with E-state index in [-0.39, 0.29) is 12.5 Å². The Balaban J connectivity index is 1.53. The van der Waals surface area contributed by atoms with Crippen LogP contribution in [-0.2, 0) is 14.3 Å². The Morgan fingerprint density at radius 3 is 2.88 bits per heavy atom. The fourth-order valence-corrected chi connectivity index (χ4v) is 4.30. The highest BCUT2D eigenvalue weighted by Crippen LogP contribution is 2.30. The molecule has 8 nitrogen and oxygen atoms in total. The van der Waals surface area contributed by atoms with Gasteiger partial charge in [-0.15, -0.1) is 11.8 Å². The Morgan fingerprint density at radius 2 is 2.16 bits per heavy atom. The van der Waals surface area contributed by atoms with Crippen LogP contribution < -0.4 is 20.7 Å². The van der Waals surface area contributed by atoms with Gasteiger partial charge < -0.3 is 30.2 Å². The number of alkyl carbamates (subject to hydrolysis) is 1. The predicted octanol–water partition coefficient (Wildman–Crippen LogP) is 3.09. The smallest absolute Gasteiger partial charge is 0.408 e. The molecule has 0 saturated carbocycles. The maximum absolute atomic E-state index is 12.4. The fraction of sp³-hybridized carbons (Fsp3) is 0.565. The highest BCUT2D eigenvalue weighted by Gasteiger charge is 2.30. The second-order valence-corrected chi connectivity index (χ2v) is 10.5. The molecule has 2 heterocycles. The SMILES string of the molecule is CC(C)(C)OC(=O)NCC(=O)NC1(C)NC(c2cccc(OCC3CCOC3)c2)=CCS1.